The molecule has 1 aliphatic heterocycles. The number of rotatable bonds is 6. The van der Waals surface area contributed by atoms with E-state index in [4.69, 9.17) is 4.74 Å². The van der Waals surface area contributed by atoms with Gasteiger partial charge in [0.25, 0.3) is 0 Å². The number of pyridine rings is 1. The van der Waals surface area contributed by atoms with Crippen LogP contribution in [0.2, 0.25) is 0 Å². The first-order valence-electron chi connectivity index (χ1n) is 9.71. The molecule has 2 heterocycles. The maximum atomic E-state index is 10.3. The van der Waals surface area contributed by atoms with Crippen LogP contribution in [0.3, 0.4) is 0 Å². The van der Waals surface area contributed by atoms with Gasteiger partial charge in [0.1, 0.15) is 24.3 Å². The Kier molecular flexibility index (Phi) is 8.10. The fraction of sp³-hybridized carbons (Fsp3) is 0.500. The predicted molar refractivity (Wildman–Crippen MR) is 110 cm³/mol. The van der Waals surface area contributed by atoms with E-state index in [0.717, 1.165) is 37.7 Å². The fourth-order valence-electron chi connectivity index (χ4n) is 3.29. The van der Waals surface area contributed by atoms with E-state index in [1.807, 2.05) is 36.5 Å². The third kappa shape index (κ3) is 6.36. The van der Waals surface area contributed by atoms with E-state index in [1.54, 1.807) is 0 Å². The van der Waals surface area contributed by atoms with E-state index < -0.39 is 6.10 Å². The quantitative estimate of drug-likeness (QED) is 0.731. The van der Waals surface area contributed by atoms with E-state index >= 15 is 0 Å². The topological polar surface area (TPSA) is 48.8 Å². The SMILES string of the molecule is CC(C)(C)c1ccc(OCC(O)CN2CCN(c3ccccn3)CC2)cc1.[Cl-]. The summed E-state index contributed by atoms with van der Waals surface area (Å²) in [6.07, 6.45) is 1.34. The van der Waals surface area contributed by atoms with Crippen LogP contribution in [-0.2, 0) is 5.41 Å². The second kappa shape index (κ2) is 10.1. The average molecular weight is 405 g/mol. The number of aliphatic hydroxyl groups excluding tert-OH is 1. The molecular weight excluding hydrogens is 374 g/mol. The van der Waals surface area contributed by atoms with Crippen LogP contribution in [0.15, 0.2) is 48.7 Å². The van der Waals surface area contributed by atoms with Gasteiger partial charge in [0.2, 0.25) is 0 Å². The molecule has 0 spiro atoms. The summed E-state index contributed by atoms with van der Waals surface area (Å²) in [5.74, 6) is 1.83. The number of ether oxygens (including phenoxy) is 1. The Balaban J connectivity index is 0.00000280. The monoisotopic (exact) mass is 404 g/mol. The van der Waals surface area contributed by atoms with E-state index in [9.17, 15) is 5.11 Å². The smallest absolute Gasteiger partial charge is 0.128 e. The van der Waals surface area contributed by atoms with Gasteiger partial charge < -0.3 is 27.2 Å². The third-order valence-electron chi connectivity index (χ3n) is 4.98. The highest BCUT2D eigenvalue weighted by Gasteiger charge is 2.20. The van der Waals surface area contributed by atoms with Crippen LogP contribution in [0.4, 0.5) is 5.82 Å². The molecule has 0 bridgehead atoms. The summed E-state index contributed by atoms with van der Waals surface area (Å²) in [7, 11) is 0. The predicted octanol–water partition coefficient (Wildman–Crippen LogP) is -0.0550. The molecule has 1 saturated heterocycles. The Hall–Kier alpha value is -1.82. The first-order chi connectivity index (χ1) is 12.9. The molecule has 1 aliphatic rings. The number of aromatic nitrogens is 1. The van der Waals surface area contributed by atoms with Crippen molar-refractivity contribution in [2.75, 3.05) is 44.2 Å². The first-order valence-corrected chi connectivity index (χ1v) is 9.71. The number of piperazine rings is 1. The normalized spacial score (nSPS) is 16.4. The van der Waals surface area contributed by atoms with Gasteiger partial charge in [-0.15, -0.1) is 0 Å². The molecule has 3 rings (SSSR count). The molecule has 0 radical (unpaired) electrons. The van der Waals surface area contributed by atoms with Crippen LogP contribution in [0.25, 0.3) is 0 Å². The Bertz CT molecular complexity index is 696. The van der Waals surface area contributed by atoms with Crippen LogP contribution in [0.5, 0.6) is 5.75 Å². The number of anilines is 1. The standard InChI is InChI=1S/C22H31N3O2.ClH/c1-22(2,3)18-7-9-20(10-8-18)27-17-19(26)16-24-12-14-25(15-13-24)21-6-4-5-11-23-21;/h4-11,19,26H,12-17H2,1-3H3;1H/p-1. The third-order valence-corrected chi connectivity index (χ3v) is 4.98. The second-order valence-electron chi connectivity index (χ2n) is 8.21. The van der Waals surface area contributed by atoms with E-state index in [1.165, 1.54) is 5.56 Å². The van der Waals surface area contributed by atoms with Gasteiger partial charge in [-0.1, -0.05) is 39.0 Å². The van der Waals surface area contributed by atoms with Gasteiger partial charge in [0, 0.05) is 38.9 Å². The van der Waals surface area contributed by atoms with Crippen molar-refractivity contribution >= 4 is 5.82 Å². The Morgan fingerprint density at radius 2 is 1.71 bits per heavy atom. The first kappa shape index (κ1) is 22.5. The summed E-state index contributed by atoms with van der Waals surface area (Å²) in [4.78, 5) is 8.99. The van der Waals surface area contributed by atoms with Crippen molar-refractivity contribution in [3.8, 4) is 5.75 Å². The Morgan fingerprint density at radius 3 is 2.29 bits per heavy atom. The largest absolute Gasteiger partial charge is 1.00 e. The number of benzene rings is 1. The van der Waals surface area contributed by atoms with Crippen molar-refractivity contribution < 1.29 is 22.3 Å². The van der Waals surface area contributed by atoms with Gasteiger partial charge in [-0.3, -0.25) is 4.90 Å². The lowest BCUT2D eigenvalue weighted by Crippen LogP contribution is -3.00. The Labute approximate surface area is 174 Å². The molecule has 154 valence electrons. The highest BCUT2D eigenvalue weighted by Crippen LogP contribution is 2.24. The summed E-state index contributed by atoms with van der Waals surface area (Å²) in [6, 6.07) is 14.2. The van der Waals surface area contributed by atoms with Gasteiger partial charge in [-0.2, -0.15) is 0 Å². The molecule has 0 saturated carbocycles. The van der Waals surface area contributed by atoms with Crippen molar-refractivity contribution in [3.05, 3.63) is 54.2 Å². The summed E-state index contributed by atoms with van der Waals surface area (Å²) < 4.78 is 5.77. The molecular formula is C22H31ClN3O2-. The highest BCUT2D eigenvalue weighted by molar-refractivity contribution is 5.38. The minimum atomic E-state index is -0.492. The Morgan fingerprint density at radius 1 is 1.04 bits per heavy atom. The average Bonchev–Trinajstić information content (AvgIpc) is 2.67. The molecule has 1 aromatic carbocycles. The van der Waals surface area contributed by atoms with E-state index in [-0.39, 0.29) is 17.8 Å². The molecule has 28 heavy (non-hydrogen) atoms. The van der Waals surface area contributed by atoms with Gasteiger partial charge in [0.15, 0.2) is 0 Å². The molecule has 1 aromatic heterocycles. The van der Waals surface area contributed by atoms with Gasteiger partial charge in [-0.05, 0) is 35.2 Å². The van der Waals surface area contributed by atoms with Crippen molar-refractivity contribution in [3.63, 3.8) is 0 Å². The lowest BCUT2D eigenvalue weighted by Gasteiger charge is -2.36. The number of aliphatic hydroxyl groups is 1. The maximum absolute atomic E-state index is 10.3. The van der Waals surface area contributed by atoms with Gasteiger partial charge in [-0.25, -0.2) is 4.98 Å². The summed E-state index contributed by atoms with van der Waals surface area (Å²) in [6.45, 7) is 11.2. The van der Waals surface area contributed by atoms with E-state index in [2.05, 4.69) is 47.7 Å². The molecule has 6 heteroatoms. The van der Waals surface area contributed by atoms with Crippen molar-refractivity contribution in [2.24, 2.45) is 0 Å². The minimum absolute atomic E-state index is 0. The number of nitrogens with zero attached hydrogens (tertiary/aromatic N) is 3. The lowest BCUT2D eigenvalue weighted by atomic mass is 9.87. The summed E-state index contributed by atoms with van der Waals surface area (Å²) in [5.41, 5.74) is 1.41. The van der Waals surface area contributed by atoms with Crippen LogP contribution in [0.1, 0.15) is 26.3 Å². The maximum Gasteiger partial charge on any atom is 0.128 e. The van der Waals surface area contributed by atoms with Crippen LogP contribution in [-0.4, -0.2) is 60.4 Å². The molecule has 1 unspecified atom stereocenters. The lowest BCUT2D eigenvalue weighted by molar-refractivity contribution is -0.00000831. The molecule has 5 nitrogen and oxygen atoms in total. The fourth-order valence-corrected chi connectivity index (χ4v) is 3.29. The minimum Gasteiger partial charge on any atom is -1.00 e. The second-order valence-corrected chi connectivity index (χ2v) is 8.21. The van der Waals surface area contributed by atoms with Gasteiger partial charge in [0.05, 0.1) is 0 Å². The number of hydrogen-bond acceptors (Lipinski definition) is 5. The van der Waals surface area contributed by atoms with Crippen LogP contribution < -0.4 is 22.0 Å². The highest BCUT2D eigenvalue weighted by atomic mass is 35.5. The molecule has 2 aromatic rings. The zero-order chi connectivity index (χ0) is 19.3. The van der Waals surface area contributed by atoms with Crippen LogP contribution in [0, 0.1) is 0 Å². The molecule has 1 N–H and O–H groups in total. The molecule has 1 fully saturated rings. The van der Waals surface area contributed by atoms with Crippen molar-refractivity contribution in [2.45, 2.75) is 32.3 Å². The number of halogens is 1. The van der Waals surface area contributed by atoms with Crippen LogP contribution >= 0.6 is 0 Å². The van der Waals surface area contributed by atoms with Gasteiger partial charge >= 0.3 is 0 Å². The molecule has 1 atom stereocenters. The summed E-state index contributed by atoms with van der Waals surface area (Å²) in [5, 5.41) is 10.3. The van der Waals surface area contributed by atoms with Crippen molar-refractivity contribution in [1.29, 1.82) is 0 Å². The van der Waals surface area contributed by atoms with Crippen molar-refractivity contribution in [1.82, 2.24) is 9.88 Å². The zero-order valence-corrected chi connectivity index (χ0v) is 17.8. The molecule has 0 amide bonds. The number of β-amino-alcohol motifs (C(OH)–C–C–N with tert-alkyl or cyclic N) is 1. The van der Waals surface area contributed by atoms with E-state index in [0.29, 0.717) is 13.2 Å². The number of hydrogen-bond donors (Lipinski definition) is 1. The molecule has 0 aliphatic carbocycles. The zero-order valence-electron chi connectivity index (χ0n) is 17.0. The summed E-state index contributed by atoms with van der Waals surface area (Å²) >= 11 is 0.